The van der Waals surface area contributed by atoms with Crippen molar-refractivity contribution < 1.29 is 13.2 Å². The van der Waals surface area contributed by atoms with Gasteiger partial charge in [0.25, 0.3) is 0 Å². The van der Waals surface area contributed by atoms with Crippen LogP contribution in [-0.4, -0.2) is 4.98 Å². The van der Waals surface area contributed by atoms with Crippen molar-refractivity contribution in [3.63, 3.8) is 0 Å². The minimum Gasteiger partial charge on any atom is -0.361 e. The van der Waals surface area contributed by atoms with Gasteiger partial charge in [0.15, 0.2) is 5.43 Å². The number of rotatable bonds is 0. The maximum absolute atomic E-state index is 13.1. The molecule has 0 aliphatic rings. The molecule has 0 atom stereocenters. The molecule has 0 aliphatic carbocycles. The van der Waals surface area contributed by atoms with E-state index in [4.69, 9.17) is 0 Å². The molecule has 1 heterocycles. The summed E-state index contributed by atoms with van der Waals surface area (Å²) in [5, 5.41) is 0.576. The fraction of sp³-hybridized carbons (Fsp3) is 0.0714. The Balaban J connectivity index is 2.62. The molecule has 19 heavy (non-hydrogen) atoms. The number of alkyl halides is 3. The van der Waals surface area contributed by atoms with Gasteiger partial charge in [0, 0.05) is 11.6 Å². The number of benzene rings is 2. The third-order valence-electron chi connectivity index (χ3n) is 3.06. The second kappa shape index (κ2) is 3.85. The molecule has 0 bridgehead atoms. The summed E-state index contributed by atoms with van der Waals surface area (Å²) in [6.07, 6.45) is -2.95. The molecule has 2 nitrogen and oxygen atoms in total. The van der Waals surface area contributed by atoms with Gasteiger partial charge in [0.05, 0.1) is 16.5 Å². The van der Waals surface area contributed by atoms with Gasteiger partial charge >= 0.3 is 6.18 Å². The number of hydrogen-bond donors (Lipinski definition) is 1. The highest BCUT2D eigenvalue weighted by atomic mass is 19.4. The first kappa shape index (κ1) is 11.8. The normalized spacial score (nSPS) is 12.2. The Morgan fingerprint density at radius 2 is 1.84 bits per heavy atom. The number of pyridine rings is 1. The Hall–Kier alpha value is -2.30. The number of H-pyrrole nitrogens is 1. The number of fused-ring (bicyclic) bond motifs is 3. The molecule has 1 aromatic heterocycles. The van der Waals surface area contributed by atoms with Crippen LogP contribution in [0, 0.1) is 0 Å². The molecule has 3 aromatic rings. The Kier molecular flexibility index (Phi) is 2.38. The van der Waals surface area contributed by atoms with Gasteiger partial charge in [-0.3, -0.25) is 4.79 Å². The zero-order valence-electron chi connectivity index (χ0n) is 9.58. The highest BCUT2D eigenvalue weighted by molar-refractivity contribution is 6.06. The fourth-order valence-corrected chi connectivity index (χ4v) is 2.27. The van der Waals surface area contributed by atoms with Gasteiger partial charge in [0.2, 0.25) is 0 Å². The Morgan fingerprint density at radius 3 is 2.58 bits per heavy atom. The topological polar surface area (TPSA) is 32.9 Å². The van der Waals surface area contributed by atoms with Crippen molar-refractivity contribution in [2.45, 2.75) is 6.18 Å². The van der Waals surface area contributed by atoms with Crippen LogP contribution >= 0.6 is 0 Å². The summed E-state index contributed by atoms with van der Waals surface area (Å²) in [7, 11) is 0. The van der Waals surface area contributed by atoms with E-state index in [1.807, 2.05) is 0 Å². The molecule has 1 N–H and O–H groups in total. The van der Waals surface area contributed by atoms with Gasteiger partial charge < -0.3 is 4.98 Å². The van der Waals surface area contributed by atoms with E-state index in [0.717, 1.165) is 6.07 Å². The minimum absolute atomic E-state index is 0.00537. The quantitative estimate of drug-likeness (QED) is 0.616. The molecule has 0 unspecified atom stereocenters. The molecule has 0 saturated heterocycles. The standard InChI is InChI=1S/C14H8F3NO/c15-14(16,17)10-7-8-3-1-5-11(19)12(8)13-9(10)4-2-6-18-13/h1-7,18H. The predicted octanol–water partition coefficient (Wildman–Crippen LogP) is 3.70. The van der Waals surface area contributed by atoms with Crippen LogP contribution in [0.2, 0.25) is 0 Å². The first-order chi connectivity index (χ1) is 8.98. The summed E-state index contributed by atoms with van der Waals surface area (Å²) in [6.45, 7) is 0. The van der Waals surface area contributed by atoms with Crippen LogP contribution in [0.3, 0.4) is 0 Å². The van der Waals surface area contributed by atoms with Crippen LogP contribution in [-0.2, 0) is 6.18 Å². The number of aromatic nitrogens is 1. The SMILES string of the molecule is O=c1cccc2cc(C(F)(F)F)c3ccc[nH]c3c12. The lowest BCUT2D eigenvalue weighted by atomic mass is 10.0. The van der Waals surface area contributed by atoms with Gasteiger partial charge in [-0.1, -0.05) is 18.2 Å². The second-order valence-corrected chi connectivity index (χ2v) is 4.23. The van der Waals surface area contributed by atoms with Crippen LogP contribution in [0.25, 0.3) is 21.7 Å². The summed E-state index contributed by atoms with van der Waals surface area (Å²) in [5.41, 5.74) is -0.811. The van der Waals surface area contributed by atoms with Crippen LogP contribution < -0.4 is 5.43 Å². The summed E-state index contributed by atoms with van der Waals surface area (Å²) in [4.78, 5) is 14.6. The molecule has 3 rings (SSSR count). The van der Waals surface area contributed by atoms with E-state index in [2.05, 4.69) is 4.98 Å². The van der Waals surface area contributed by atoms with Crippen molar-refractivity contribution in [1.82, 2.24) is 4.98 Å². The van der Waals surface area contributed by atoms with Crippen molar-refractivity contribution in [3.8, 4) is 0 Å². The van der Waals surface area contributed by atoms with E-state index in [1.54, 1.807) is 0 Å². The van der Waals surface area contributed by atoms with E-state index in [1.165, 1.54) is 36.5 Å². The van der Waals surface area contributed by atoms with E-state index >= 15 is 0 Å². The van der Waals surface area contributed by atoms with Crippen molar-refractivity contribution in [1.29, 1.82) is 0 Å². The highest BCUT2D eigenvalue weighted by Gasteiger charge is 2.33. The van der Waals surface area contributed by atoms with E-state index in [0.29, 0.717) is 0 Å². The largest absolute Gasteiger partial charge is 0.417 e. The molecule has 5 heteroatoms. The van der Waals surface area contributed by atoms with E-state index in [-0.39, 0.29) is 27.1 Å². The van der Waals surface area contributed by atoms with Crippen LogP contribution in [0.15, 0.2) is 47.4 Å². The Labute approximate surface area is 105 Å². The molecular formula is C14H8F3NO. The smallest absolute Gasteiger partial charge is 0.361 e. The predicted molar refractivity (Wildman–Crippen MR) is 67.1 cm³/mol. The van der Waals surface area contributed by atoms with Crippen LogP contribution in [0.5, 0.6) is 0 Å². The molecule has 0 amide bonds. The number of aromatic amines is 1. The molecule has 0 fully saturated rings. The van der Waals surface area contributed by atoms with Crippen molar-refractivity contribution in [3.05, 3.63) is 58.4 Å². The average Bonchev–Trinajstić information content (AvgIpc) is 2.36. The number of halogens is 3. The molecular weight excluding hydrogens is 255 g/mol. The zero-order valence-corrected chi connectivity index (χ0v) is 9.58. The Bertz CT molecular complexity index is 833. The third kappa shape index (κ3) is 1.78. The molecule has 0 spiro atoms. The highest BCUT2D eigenvalue weighted by Crippen LogP contribution is 2.36. The summed E-state index contributed by atoms with van der Waals surface area (Å²) in [6, 6.07) is 8.17. The number of hydrogen-bond acceptors (Lipinski definition) is 1. The molecule has 0 aliphatic heterocycles. The summed E-state index contributed by atoms with van der Waals surface area (Å²) < 4.78 is 39.2. The fourth-order valence-electron chi connectivity index (χ4n) is 2.27. The summed E-state index contributed by atoms with van der Waals surface area (Å²) in [5.74, 6) is 0. The van der Waals surface area contributed by atoms with Crippen molar-refractivity contribution >= 4 is 21.7 Å². The number of nitrogens with one attached hydrogen (secondary N) is 1. The van der Waals surface area contributed by atoms with Crippen molar-refractivity contribution in [2.75, 3.05) is 0 Å². The third-order valence-corrected chi connectivity index (χ3v) is 3.06. The van der Waals surface area contributed by atoms with Gasteiger partial charge in [-0.15, -0.1) is 0 Å². The van der Waals surface area contributed by atoms with Crippen LogP contribution in [0.4, 0.5) is 13.2 Å². The first-order valence-corrected chi connectivity index (χ1v) is 5.59. The second-order valence-electron chi connectivity index (χ2n) is 4.23. The average molecular weight is 263 g/mol. The van der Waals surface area contributed by atoms with E-state index < -0.39 is 11.7 Å². The van der Waals surface area contributed by atoms with Gasteiger partial charge in [0.1, 0.15) is 0 Å². The Morgan fingerprint density at radius 1 is 1.05 bits per heavy atom. The molecule has 0 radical (unpaired) electrons. The first-order valence-electron chi connectivity index (χ1n) is 5.59. The molecule has 96 valence electrons. The maximum Gasteiger partial charge on any atom is 0.417 e. The minimum atomic E-state index is -4.46. The lowest BCUT2D eigenvalue weighted by Gasteiger charge is -2.12. The van der Waals surface area contributed by atoms with Gasteiger partial charge in [-0.25, -0.2) is 0 Å². The maximum atomic E-state index is 13.1. The lowest BCUT2D eigenvalue weighted by Crippen LogP contribution is -2.08. The lowest BCUT2D eigenvalue weighted by molar-refractivity contribution is -0.136. The summed E-state index contributed by atoms with van der Waals surface area (Å²) >= 11 is 0. The zero-order chi connectivity index (χ0) is 13.6. The molecule has 0 saturated carbocycles. The van der Waals surface area contributed by atoms with E-state index in [9.17, 15) is 18.0 Å². The van der Waals surface area contributed by atoms with Gasteiger partial charge in [-0.05, 0) is 23.6 Å². The van der Waals surface area contributed by atoms with Crippen LogP contribution in [0.1, 0.15) is 5.56 Å². The van der Waals surface area contributed by atoms with Crippen molar-refractivity contribution in [2.24, 2.45) is 0 Å². The van der Waals surface area contributed by atoms with Gasteiger partial charge in [-0.2, -0.15) is 13.2 Å². The monoisotopic (exact) mass is 263 g/mol. The molecule has 2 aromatic carbocycles.